The second-order valence-corrected chi connectivity index (χ2v) is 6.63. The van der Waals surface area contributed by atoms with E-state index in [9.17, 15) is 0 Å². The third-order valence-corrected chi connectivity index (χ3v) is 4.35. The molecule has 128 valence electrons. The summed E-state index contributed by atoms with van der Waals surface area (Å²) in [5.41, 5.74) is 5.83. The second kappa shape index (κ2) is 8.09. The Kier molecular flexibility index (Phi) is 5.62. The van der Waals surface area contributed by atoms with Crippen LogP contribution in [-0.4, -0.2) is 0 Å². The van der Waals surface area contributed by atoms with Crippen molar-refractivity contribution in [3.05, 3.63) is 94.0 Å². The SMILES string of the molecule is Cc1ccc(C)c(NCc2ccccc2OCc2cccc(Cl)c2)c1. The lowest BCUT2D eigenvalue weighted by atomic mass is 10.1. The second-order valence-electron chi connectivity index (χ2n) is 6.20. The molecule has 2 nitrogen and oxygen atoms in total. The fourth-order valence-electron chi connectivity index (χ4n) is 2.70. The van der Waals surface area contributed by atoms with Gasteiger partial charge in [-0.15, -0.1) is 0 Å². The lowest BCUT2D eigenvalue weighted by Crippen LogP contribution is -2.04. The Morgan fingerprint density at radius 1 is 0.920 bits per heavy atom. The van der Waals surface area contributed by atoms with Crippen LogP contribution in [0.1, 0.15) is 22.3 Å². The van der Waals surface area contributed by atoms with E-state index in [4.69, 9.17) is 16.3 Å². The number of nitrogens with one attached hydrogen (secondary N) is 1. The highest BCUT2D eigenvalue weighted by atomic mass is 35.5. The molecule has 3 heteroatoms. The van der Waals surface area contributed by atoms with Crippen molar-refractivity contribution in [3.8, 4) is 5.75 Å². The number of benzene rings is 3. The largest absolute Gasteiger partial charge is 0.489 e. The van der Waals surface area contributed by atoms with Gasteiger partial charge in [0.15, 0.2) is 0 Å². The zero-order valence-electron chi connectivity index (χ0n) is 14.6. The summed E-state index contributed by atoms with van der Waals surface area (Å²) in [5.74, 6) is 0.889. The van der Waals surface area contributed by atoms with E-state index in [0.29, 0.717) is 6.61 Å². The van der Waals surface area contributed by atoms with E-state index >= 15 is 0 Å². The molecule has 0 unspecified atom stereocenters. The third kappa shape index (κ3) is 4.77. The van der Waals surface area contributed by atoms with Crippen LogP contribution in [0, 0.1) is 13.8 Å². The standard InChI is InChI=1S/C22H22ClNO/c1-16-10-11-17(2)21(12-16)24-14-19-7-3-4-9-22(19)25-15-18-6-5-8-20(23)13-18/h3-13,24H,14-15H2,1-2H3. The van der Waals surface area contributed by atoms with Crippen molar-refractivity contribution in [2.45, 2.75) is 27.0 Å². The van der Waals surface area contributed by atoms with Gasteiger partial charge in [0, 0.05) is 22.8 Å². The fourth-order valence-corrected chi connectivity index (χ4v) is 2.91. The predicted octanol–water partition coefficient (Wildman–Crippen LogP) is 6.15. The molecule has 0 saturated heterocycles. The van der Waals surface area contributed by atoms with E-state index in [0.717, 1.165) is 34.1 Å². The Morgan fingerprint density at radius 3 is 2.60 bits per heavy atom. The highest BCUT2D eigenvalue weighted by Crippen LogP contribution is 2.23. The molecule has 0 aliphatic carbocycles. The molecule has 0 radical (unpaired) electrons. The summed E-state index contributed by atoms with van der Waals surface area (Å²) in [5, 5.41) is 4.24. The average Bonchev–Trinajstić information content (AvgIpc) is 2.61. The van der Waals surface area contributed by atoms with Gasteiger partial charge in [-0.2, -0.15) is 0 Å². The number of ether oxygens (including phenoxy) is 1. The van der Waals surface area contributed by atoms with Crippen molar-refractivity contribution in [2.24, 2.45) is 0 Å². The van der Waals surface area contributed by atoms with Gasteiger partial charge >= 0.3 is 0 Å². The summed E-state index contributed by atoms with van der Waals surface area (Å²) < 4.78 is 6.02. The van der Waals surface area contributed by atoms with E-state index in [1.54, 1.807) is 0 Å². The highest BCUT2D eigenvalue weighted by Gasteiger charge is 2.05. The molecule has 0 saturated carbocycles. The van der Waals surface area contributed by atoms with Gasteiger partial charge < -0.3 is 10.1 Å². The van der Waals surface area contributed by atoms with Crippen molar-refractivity contribution in [1.29, 1.82) is 0 Å². The van der Waals surface area contributed by atoms with Crippen LogP contribution in [0.25, 0.3) is 0 Å². The van der Waals surface area contributed by atoms with E-state index in [1.807, 2.05) is 42.5 Å². The minimum absolute atomic E-state index is 0.501. The number of hydrogen-bond donors (Lipinski definition) is 1. The topological polar surface area (TPSA) is 21.3 Å². The summed E-state index contributed by atoms with van der Waals surface area (Å²) >= 11 is 6.04. The zero-order chi connectivity index (χ0) is 17.6. The van der Waals surface area contributed by atoms with Gasteiger partial charge in [0.25, 0.3) is 0 Å². The number of rotatable bonds is 6. The maximum atomic E-state index is 6.04. The zero-order valence-corrected chi connectivity index (χ0v) is 15.3. The molecule has 0 fully saturated rings. The third-order valence-electron chi connectivity index (χ3n) is 4.12. The minimum atomic E-state index is 0.501. The molecule has 0 aliphatic rings. The molecule has 3 aromatic carbocycles. The number of hydrogen-bond acceptors (Lipinski definition) is 2. The molecule has 1 N–H and O–H groups in total. The van der Waals surface area contributed by atoms with Gasteiger partial charge in [-0.05, 0) is 54.8 Å². The molecule has 0 aliphatic heterocycles. The Labute approximate surface area is 154 Å². The monoisotopic (exact) mass is 351 g/mol. The molecule has 0 heterocycles. The van der Waals surface area contributed by atoms with E-state index in [-0.39, 0.29) is 0 Å². The molecule has 0 spiro atoms. The van der Waals surface area contributed by atoms with Gasteiger partial charge in [0.2, 0.25) is 0 Å². The van der Waals surface area contributed by atoms with Crippen LogP contribution in [0.2, 0.25) is 5.02 Å². The first-order chi connectivity index (χ1) is 12.1. The smallest absolute Gasteiger partial charge is 0.124 e. The first-order valence-corrected chi connectivity index (χ1v) is 8.76. The normalized spacial score (nSPS) is 10.5. The Morgan fingerprint density at radius 2 is 1.76 bits per heavy atom. The molecule has 0 aromatic heterocycles. The van der Waals surface area contributed by atoms with Crippen LogP contribution >= 0.6 is 11.6 Å². The number of halogens is 1. The molecule has 0 amide bonds. The molecule has 25 heavy (non-hydrogen) atoms. The number of para-hydroxylation sites is 1. The van der Waals surface area contributed by atoms with Crippen LogP contribution < -0.4 is 10.1 Å². The summed E-state index contributed by atoms with van der Waals surface area (Å²) in [7, 11) is 0. The van der Waals surface area contributed by atoms with Crippen molar-refractivity contribution in [2.75, 3.05) is 5.32 Å². The first-order valence-electron chi connectivity index (χ1n) is 8.38. The maximum absolute atomic E-state index is 6.04. The Hall–Kier alpha value is -2.45. The maximum Gasteiger partial charge on any atom is 0.124 e. The lowest BCUT2D eigenvalue weighted by molar-refractivity contribution is 0.303. The number of aryl methyl sites for hydroxylation is 2. The van der Waals surface area contributed by atoms with Gasteiger partial charge in [0.05, 0.1) is 0 Å². The molecular formula is C22H22ClNO. The van der Waals surface area contributed by atoms with Gasteiger partial charge in [-0.1, -0.05) is 54.1 Å². The van der Waals surface area contributed by atoms with Crippen molar-refractivity contribution >= 4 is 17.3 Å². The molecule has 3 aromatic rings. The van der Waals surface area contributed by atoms with Crippen LogP contribution in [0.3, 0.4) is 0 Å². The predicted molar refractivity (Wildman–Crippen MR) is 105 cm³/mol. The summed E-state index contributed by atoms with van der Waals surface area (Å²) in [4.78, 5) is 0. The Balaban J connectivity index is 1.69. The van der Waals surface area contributed by atoms with Gasteiger partial charge in [0.1, 0.15) is 12.4 Å². The minimum Gasteiger partial charge on any atom is -0.489 e. The van der Waals surface area contributed by atoms with Gasteiger partial charge in [-0.25, -0.2) is 0 Å². The van der Waals surface area contributed by atoms with E-state index in [1.165, 1.54) is 11.1 Å². The molecule has 0 bridgehead atoms. The molecule has 3 rings (SSSR count). The Bertz CT molecular complexity index is 860. The molecule has 0 atom stereocenters. The summed E-state index contributed by atoms with van der Waals surface area (Å²) in [6.45, 7) is 5.44. The van der Waals surface area contributed by atoms with Crippen molar-refractivity contribution in [1.82, 2.24) is 0 Å². The number of anilines is 1. The first kappa shape index (κ1) is 17.4. The summed E-state index contributed by atoms with van der Waals surface area (Å²) in [6.07, 6.45) is 0. The van der Waals surface area contributed by atoms with Crippen LogP contribution in [-0.2, 0) is 13.2 Å². The molecular weight excluding hydrogens is 330 g/mol. The average molecular weight is 352 g/mol. The van der Waals surface area contributed by atoms with Crippen LogP contribution in [0.4, 0.5) is 5.69 Å². The van der Waals surface area contributed by atoms with E-state index < -0.39 is 0 Å². The van der Waals surface area contributed by atoms with Gasteiger partial charge in [-0.3, -0.25) is 0 Å². The van der Waals surface area contributed by atoms with E-state index in [2.05, 4.69) is 43.4 Å². The van der Waals surface area contributed by atoms with Crippen molar-refractivity contribution in [3.63, 3.8) is 0 Å². The fraction of sp³-hybridized carbons (Fsp3) is 0.182. The van der Waals surface area contributed by atoms with Crippen LogP contribution in [0.15, 0.2) is 66.7 Å². The highest BCUT2D eigenvalue weighted by molar-refractivity contribution is 6.30. The summed E-state index contributed by atoms with van der Waals surface area (Å²) in [6, 6.07) is 22.3. The van der Waals surface area contributed by atoms with Crippen molar-refractivity contribution < 1.29 is 4.74 Å². The van der Waals surface area contributed by atoms with Crippen LogP contribution in [0.5, 0.6) is 5.75 Å². The quantitative estimate of drug-likeness (QED) is 0.575. The lowest BCUT2D eigenvalue weighted by Gasteiger charge is -2.14.